The lowest BCUT2D eigenvalue weighted by Gasteiger charge is -2.20. The van der Waals surface area contributed by atoms with Crippen LogP contribution >= 0.6 is 0 Å². The molecule has 6 nitrogen and oxygen atoms in total. The highest BCUT2D eigenvalue weighted by Gasteiger charge is 2.30. The molecule has 3 aromatic rings. The van der Waals surface area contributed by atoms with Crippen LogP contribution in [0.1, 0.15) is 24.6 Å². The third-order valence-corrected chi connectivity index (χ3v) is 7.24. The molecule has 8 heteroatoms. The highest BCUT2D eigenvalue weighted by atomic mass is 32.2. The summed E-state index contributed by atoms with van der Waals surface area (Å²) in [5.41, 5.74) is 2.30. The summed E-state index contributed by atoms with van der Waals surface area (Å²) in [5.74, 6) is -0.778. The third kappa shape index (κ3) is 3.73. The van der Waals surface area contributed by atoms with E-state index in [-0.39, 0.29) is 30.6 Å². The van der Waals surface area contributed by atoms with Gasteiger partial charge < -0.3 is 9.30 Å². The van der Waals surface area contributed by atoms with Crippen LogP contribution in [-0.2, 0) is 39.1 Å². The van der Waals surface area contributed by atoms with Crippen LogP contribution in [0.25, 0.3) is 10.9 Å². The van der Waals surface area contributed by atoms with Crippen molar-refractivity contribution >= 4 is 26.9 Å². The van der Waals surface area contributed by atoms with E-state index in [9.17, 15) is 17.6 Å². The number of fused-ring (bicyclic) bond motifs is 3. The van der Waals surface area contributed by atoms with Gasteiger partial charge >= 0.3 is 5.97 Å². The summed E-state index contributed by atoms with van der Waals surface area (Å²) in [5, 5.41) is 0.629. The van der Waals surface area contributed by atoms with Gasteiger partial charge in [-0.3, -0.25) is 4.79 Å². The van der Waals surface area contributed by atoms with E-state index in [4.69, 9.17) is 4.74 Å². The van der Waals surface area contributed by atoms with Crippen LogP contribution in [0.2, 0.25) is 0 Å². The molecule has 4 rings (SSSR count). The molecular weight excluding hydrogens is 407 g/mol. The number of carbonyl (C=O) groups is 1. The number of nitrogens with zero attached hydrogens (tertiary/aromatic N) is 2. The number of ether oxygens (including phenoxy) is 1. The minimum Gasteiger partial charge on any atom is -0.465 e. The Morgan fingerprint density at radius 1 is 1.17 bits per heavy atom. The lowest BCUT2D eigenvalue weighted by atomic mass is 10.1. The number of carbonyl (C=O) groups excluding carboxylic acids is 1. The van der Waals surface area contributed by atoms with Crippen LogP contribution in [0.3, 0.4) is 0 Å². The molecular formula is C22H23FN2O4S. The first kappa shape index (κ1) is 20.6. The lowest BCUT2D eigenvalue weighted by Crippen LogP contribution is -2.30. The zero-order valence-corrected chi connectivity index (χ0v) is 17.5. The predicted molar refractivity (Wildman–Crippen MR) is 111 cm³/mol. The quantitative estimate of drug-likeness (QED) is 0.581. The van der Waals surface area contributed by atoms with E-state index in [2.05, 4.69) is 0 Å². The van der Waals surface area contributed by atoms with Gasteiger partial charge in [0.05, 0.1) is 11.5 Å². The Morgan fingerprint density at radius 2 is 1.93 bits per heavy atom. The van der Waals surface area contributed by atoms with E-state index in [1.54, 1.807) is 43.3 Å². The van der Waals surface area contributed by atoms with Crippen LogP contribution in [0.15, 0.2) is 53.4 Å². The molecule has 0 spiro atoms. The van der Waals surface area contributed by atoms with Crippen LogP contribution in [0.5, 0.6) is 0 Å². The van der Waals surface area contributed by atoms with Gasteiger partial charge in [-0.1, -0.05) is 18.2 Å². The SMILES string of the molecule is CCOC(=O)Cn1c2c(c3cc(F)ccc31)CN(S(=O)(=O)c1ccccc1)CCC2. The molecule has 158 valence electrons. The van der Waals surface area contributed by atoms with Crippen LogP contribution in [0.4, 0.5) is 4.39 Å². The fourth-order valence-electron chi connectivity index (χ4n) is 4.05. The second-order valence-electron chi connectivity index (χ2n) is 7.23. The maximum Gasteiger partial charge on any atom is 0.325 e. The minimum absolute atomic E-state index is 0.0107. The first-order valence-corrected chi connectivity index (χ1v) is 11.4. The molecule has 0 N–H and O–H groups in total. The fourth-order valence-corrected chi connectivity index (χ4v) is 5.52. The number of rotatable bonds is 5. The van der Waals surface area contributed by atoms with E-state index in [0.29, 0.717) is 30.3 Å². The van der Waals surface area contributed by atoms with Gasteiger partial charge in [0.25, 0.3) is 0 Å². The van der Waals surface area contributed by atoms with Crippen molar-refractivity contribution in [2.45, 2.75) is 37.8 Å². The Labute approximate surface area is 174 Å². The smallest absolute Gasteiger partial charge is 0.325 e. The highest BCUT2D eigenvalue weighted by molar-refractivity contribution is 7.89. The van der Waals surface area contributed by atoms with Crippen molar-refractivity contribution < 1.29 is 22.3 Å². The average Bonchev–Trinajstić information content (AvgIpc) is 2.88. The van der Waals surface area contributed by atoms with Gasteiger partial charge in [0.15, 0.2) is 0 Å². The maximum absolute atomic E-state index is 14.1. The largest absolute Gasteiger partial charge is 0.465 e. The van der Waals surface area contributed by atoms with Gasteiger partial charge in [-0.05, 0) is 55.7 Å². The Kier molecular flexibility index (Phi) is 5.62. The molecule has 0 saturated carbocycles. The molecule has 1 aromatic heterocycles. The summed E-state index contributed by atoms with van der Waals surface area (Å²) in [6.45, 7) is 2.51. The van der Waals surface area contributed by atoms with Crippen LogP contribution in [0, 0.1) is 5.82 Å². The Bertz CT molecular complexity index is 1190. The topological polar surface area (TPSA) is 68.6 Å². The molecule has 0 saturated heterocycles. The number of hydrogen-bond acceptors (Lipinski definition) is 4. The van der Waals surface area contributed by atoms with E-state index >= 15 is 0 Å². The Balaban J connectivity index is 1.81. The standard InChI is InChI=1S/C22H23FN2O4S/c1-2-29-22(26)15-25-20-9-6-12-24(30(27,28)17-7-4-3-5-8-17)14-19(20)18-13-16(23)10-11-21(18)25/h3-5,7-8,10-11,13H,2,6,9,12,14-15H2,1H3. The van der Waals surface area contributed by atoms with Crippen LogP contribution < -0.4 is 0 Å². The molecule has 0 unspecified atom stereocenters. The van der Waals surface area contributed by atoms with Crippen molar-refractivity contribution in [1.29, 1.82) is 0 Å². The summed E-state index contributed by atoms with van der Waals surface area (Å²) >= 11 is 0. The van der Waals surface area contributed by atoms with Gasteiger partial charge in [-0.25, -0.2) is 12.8 Å². The summed E-state index contributed by atoms with van der Waals surface area (Å²) in [6.07, 6.45) is 1.19. The molecule has 0 bridgehead atoms. The van der Waals surface area contributed by atoms with Gasteiger partial charge in [0.2, 0.25) is 10.0 Å². The van der Waals surface area contributed by atoms with E-state index in [0.717, 1.165) is 11.3 Å². The van der Waals surface area contributed by atoms with Crippen LogP contribution in [-0.4, -0.2) is 36.4 Å². The molecule has 1 aliphatic heterocycles. The van der Waals surface area contributed by atoms with E-state index < -0.39 is 15.8 Å². The summed E-state index contributed by atoms with van der Waals surface area (Å²) < 4.78 is 48.8. The van der Waals surface area contributed by atoms with Crippen molar-refractivity contribution in [3.8, 4) is 0 Å². The summed E-state index contributed by atoms with van der Waals surface area (Å²) in [4.78, 5) is 12.4. The second-order valence-corrected chi connectivity index (χ2v) is 9.17. The first-order valence-electron chi connectivity index (χ1n) is 9.92. The van der Waals surface area contributed by atoms with E-state index in [1.165, 1.54) is 16.4 Å². The van der Waals surface area contributed by atoms with Crippen molar-refractivity contribution in [3.05, 3.63) is 65.6 Å². The molecule has 0 radical (unpaired) electrons. The van der Waals surface area contributed by atoms with Gasteiger partial charge in [0.1, 0.15) is 12.4 Å². The summed E-state index contributed by atoms with van der Waals surface area (Å²) in [7, 11) is -3.69. The number of halogens is 1. The number of sulfonamides is 1. The van der Waals surface area contributed by atoms with Gasteiger partial charge in [-0.15, -0.1) is 0 Å². The molecule has 0 amide bonds. The number of benzene rings is 2. The molecule has 2 aromatic carbocycles. The lowest BCUT2D eigenvalue weighted by molar-refractivity contribution is -0.143. The van der Waals surface area contributed by atoms with Gasteiger partial charge in [0, 0.05) is 29.7 Å². The molecule has 1 aliphatic rings. The Morgan fingerprint density at radius 3 is 2.67 bits per heavy atom. The third-order valence-electron chi connectivity index (χ3n) is 5.38. The van der Waals surface area contributed by atoms with Gasteiger partial charge in [-0.2, -0.15) is 4.31 Å². The number of aromatic nitrogens is 1. The predicted octanol–water partition coefficient (Wildman–Crippen LogP) is 3.48. The molecule has 30 heavy (non-hydrogen) atoms. The Hall–Kier alpha value is -2.71. The number of hydrogen-bond donors (Lipinski definition) is 0. The summed E-state index contributed by atoms with van der Waals surface area (Å²) in [6, 6.07) is 12.7. The molecule has 2 heterocycles. The average molecular weight is 431 g/mol. The second kappa shape index (κ2) is 8.20. The normalized spacial score (nSPS) is 15.0. The van der Waals surface area contributed by atoms with Crippen molar-refractivity contribution in [3.63, 3.8) is 0 Å². The zero-order chi connectivity index (χ0) is 21.3. The monoisotopic (exact) mass is 430 g/mol. The fraction of sp³-hybridized carbons (Fsp3) is 0.318. The van der Waals surface area contributed by atoms with Crippen molar-refractivity contribution in [2.75, 3.05) is 13.2 Å². The maximum atomic E-state index is 14.1. The van der Waals surface area contributed by atoms with Crippen molar-refractivity contribution in [1.82, 2.24) is 8.87 Å². The molecule has 0 fully saturated rings. The molecule has 0 atom stereocenters. The minimum atomic E-state index is -3.69. The van der Waals surface area contributed by atoms with Crippen molar-refractivity contribution in [2.24, 2.45) is 0 Å². The number of esters is 1. The van der Waals surface area contributed by atoms with E-state index in [1.807, 2.05) is 4.57 Å². The molecule has 0 aliphatic carbocycles. The highest BCUT2D eigenvalue weighted by Crippen LogP contribution is 2.33. The first-order chi connectivity index (χ1) is 14.4. The zero-order valence-electron chi connectivity index (χ0n) is 16.7.